The molecule has 0 saturated carbocycles. The van der Waals surface area contributed by atoms with Crippen molar-refractivity contribution in [3.63, 3.8) is 0 Å². The summed E-state index contributed by atoms with van der Waals surface area (Å²) in [6.45, 7) is 3.21. The maximum atomic E-state index is 10.8. The Kier molecular flexibility index (Phi) is 2.61. The van der Waals surface area contributed by atoms with E-state index in [9.17, 15) is 13.5 Å². The fourth-order valence-corrected chi connectivity index (χ4v) is 1.77. The lowest BCUT2D eigenvalue weighted by Gasteiger charge is -2.08. The minimum absolute atomic E-state index is 0.382. The van der Waals surface area contributed by atoms with Gasteiger partial charge >= 0.3 is 0 Å². The van der Waals surface area contributed by atoms with Crippen molar-refractivity contribution >= 4 is 16.2 Å². The first-order valence-corrected chi connectivity index (χ1v) is 5.11. The molecule has 0 aliphatic rings. The maximum absolute atomic E-state index is 10.8. The largest absolute Gasteiger partial charge is 0.504 e. The van der Waals surface area contributed by atoms with Crippen LogP contribution >= 0.6 is 0 Å². The summed E-state index contributed by atoms with van der Waals surface area (Å²) in [5.41, 5.74) is -0.382. The van der Waals surface area contributed by atoms with Crippen molar-refractivity contribution in [3.05, 3.63) is 18.2 Å². The van der Waals surface area contributed by atoms with Gasteiger partial charge in [-0.3, -0.25) is 4.55 Å². The molecule has 0 aliphatic heterocycles. The molecule has 82 valence electrons. The van der Waals surface area contributed by atoms with E-state index >= 15 is 0 Å². The van der Waals surface area contributed by atoms with Gasteiger partial charge in [-0.05, 0) is 0 Å². The third-order valence-electron chi connectivity index (χ3n) is 1.74. The summed E-state index contributed by atoms with van der Waals surface area (Å²) < 4.78 is 30.4. The maximum Gasteiger partial charge on any atom is 0.295 e. The first-order chi connectivity index (χ1) is 6.79. The van der Waals surface area contributed by atoms with Gasteiger partial charge in [0, 0.05) is 11.6 Å². The third-order valence-corrected chi connectivity index (χ3v) is 2.63. The summed E-state index contributed by atoms with van der Waals surface area (Å²) in [6, 6.07) is 0.612. The van der Waals surface area contributed by atoms with Gasteiger partial charge in [-0.25, -0.2) is 0 Å². The molecule has 1 aromatic carbocycles. The fourth-order valence-electron chi connectivity index (χ4n) is 1.05. The standard InChI is InChI=1S/C8H8O6S/c1-2-4-6(15(12,13)14)3-5(9)8(11)7(4)10/h2-3,9-11H,1H2,(H,12,13,14). The Balaban J connectivity index is 3.76. The monoisotopic (exact) mass is 232 g/mol. The second kappa shape index (κ2) is 3.44. The number of hydrogen-bond donors (Lipinski definition) is 4. The average molecular weight is 232 g/mol. The van der Waals surface area contributed by atoms with Crippen LogP contribution in [-0.4, -0.2) is 28.3 Å². The number of rotatable bonds is 2. The van der Waals surface area contributed by atoms with E-state index in [0.717, 1.165) is 6.08 Å². The first kappa shape index (κ1) is 11.3. The van der Waals surface area contributed by atoms with Crippen LogP contribution < -0.4 is 0 Å². The van der Waals surface area contributed by atoms with E-state index in [0.29, 0.717) is 6.07 Å². The summed E-state index contributed by atoms with van der Waals surface area (Å²) in [6.07, 6.45) is 0.928. The van der Waals surface area contributed by atoms with Crippen LogP contribution in [0, 0.1) is 0 Å². The van der Waals surface area contributed by atoms with E-state index in [1.165, 1.54) is 0 Å². The van der Waals surface area contributed by atoms with Crippen LogP contribution in [0.15, 0.2) is 17.5 Å². The Labute approximate surface area is 85.5 Å². The summed E-state index contributed by atoms with van der Waals surface area (Å²) in [5.74, 6) is -2.60. The molecule has 0 unspecified atom stereocenters. The van der Waals surface area contributed by atoms with Crippen molar-refractivity contribution in [2.75, 3.05) is 0 Å². The molecule has 1 rings (SSSR count). The lowest BCUT2D eigenvalue weighted by atomic mass is 10.1. The lowest BCUT2D eigenvalue weighted by molar-refractivity contribution is 0.364. The number of phenolic OH excluding ortho intramolecular Hbond substituents is 3. The van der Waals surface area contributed by atoms with Gasteiger partial charge in [-0.15, -0.1) is 0 Å². The predicted octanol–water partition coefficient (Wildman–Crippen LogP) is 0.693. The molecule has 6 nitrogen and oxygen atoms in total. The van der Waals surface area contributed by atoms with Crippen molar-refractivity contribution in [2.45, 2.75) is 4.90 Å². The molecule has 0 amide bonds. The summed E-state index contributed by atoms with van der Waals surface area (Å²) >= 11 is 0. The highest BCUT2D eigenvalue weighted by atomic mass is 32.2. The van der Waals surface area contributed by atoms with Gasteiger partial charge < -0.3 is 15.3 Å². The molecule has 1 aromatic rings. The van der Waals surface area contributed by atoms with Crippen LogP contribution in [0.1, 0.15) is 5.56 Å². The zero-order valence-electron chi connectivity index (χ0n) is 7.38. The highest BCUT2D eigenvalue weighted by molar-refractivity contribution is 7.86. The predicted molar refractivity (Wildman–Crippen MR) is 51.3 cm³/mol. The molecular formula is C8H8O6S. The zero-order valence-corrected chi connectivity index (χ0v) is 8.19. The number of hydrogen-bond acceptors (Lipinski definition) is 5. The van der Waals surface area contributed by atoms with Gasteiger partial charge in [0.15, 0.2) is 11.5 Å². The van der Waals surface area contributed by atoms with Crippen LogP contribution in [0.3, 0.4) is 0 Å². The Morgan fingerprint density at radius 3 is 2.13 bits per heavy atom. The van der Waals surface area contributed by atoms with Gasteiger partial charge in [0.2, 0.25) is 5.75 Å². The Bertz CT molecular complexity index is 516. The smallest absolute Gasteiger partial charge is 0.295 e. The molecule has 0 atom stereocenters. The quantitative estimate of drug-likeness (QED) is 0.440. The minimum Gasteiger partial charge on any atom is -0.504 e. The fraction of sp³-hybridized carbons (Fsp3) is 0. The summed E-state index contributed by atoms with van der Waals surface area (Å²) in [4.78, 5) is -0.731. The normalized spacial score (nSPS) is 11.3. The molecule has 0 radical (unpaired) electrons. The van der Waals surface area contributed by atoms with Crippen molar-refractivity contribution in [2.24, 2.45) is 0 Å². The molecule has 0 spiro atoms. The van der Waals surface area contributed by atoms with Gasteiger partial charge in [-0.1, -0.05) is 12.7 Å². The zero-order chi connectivity index (χ0) is 11.8. The molecule has 0 fully saturated rings. The van der Waals surface area contributed by atoms with Gasteiger partial charge in [0.05, 0.1) is 0 Å². The van der Waals surface area contributed by atoms with Crippen molar-refractivity contribution in [3.8, 4) is 17.2 Å². The van der Waals surface area contributed by atoms with Crippen LogP contribution in [0.2, 0.25) is 0 Å². The minimum atomic E-state index is -4.61. The summed E-state index contributed by atoms with van der Waals surface area (Å²) in [7, 11) is -4.61. The number of aromatic hydroxyl groups is 3. The molecule has 0 aliphatic carbocycles. The first-order valence-electron chi connectivity index (χ1n) is 3.67. The number of phenols is 3. The summed E-state index contributed by atoms with van der Waals surface area (Å²) in [5, 5.41) is 27.4. The molecule has 0 bridgehead atoms. The molecule has 7 heteroatoms. The Morgan fingerprint density at radius 1 is 1.20 bits per heavy atom. The van der Waals surface area contributed by atoms with E-state index < -0.39 is 32.3 Å². The van der Waals surface area contributed by atoms with E-state index in [1.54, 1.807) is 0 Å². The SMILES string of the molecule is C=Cc1c(S(=O)(=O)O)cc(O)c(O)c1O. The van der Waals surface area contributed by atoms with Gasteiger partial charge in [-0.2, -0.15) is 8.42 Å². The second-order valence-corrected chi connectivity index (χ2v) is 4.07. The van der Waals surface area contributed by atoms with E-state index in [4.69, 9.17) is 14.8 Å². The molecular weight excluding hydrogens is 224 g/mol. The highest BCUT2D eigenvalue weighted by Gasteiger charge is 2.22. The molecule has 0 saturated heterocycles. The van der Waals surface area contributed by atoms with E-state index in [-0.39, 0.29) is 5.56 Å². The molecule has 15 heavy (non-hydrogen) atoms. The average Bonchev–Trinajstić information content (AvgIpc) is 2.12. The second-order valence-electron chi connectivity index (χ2n) is 2.68. The Hall–Kier alpha value is -1.73. The van der Waals surface area contributed by atoms with Crippen LogP contribution in [0.5, 0.6) is 17.2 Å². The molecule has 4 N–H and O–H groups in total. The van der Waals surface area contributed by atoms with Crippen molar-refractivity contribution in [1.29, 1.82) is 0 Å². The molecule has 0 aromatic heterocycles. The highest BCUT2D eigenvalue weighted by Crippen LogP contribution is 2.41. The van der Waals surface area contributed by atoms with Gasteiger partial charge in [0.25, 0.3) is 10.1 Å². The molecule has 0 heterocycles. The van der Waals surface area contributed by atoms with Crippen molar-refractivity contribution in [1.82, 2.24) is 0 Å². The van der Waals surface area contributed by atoms with Crippen LogP contribution in [0.25, 0.3) is 6.08 Å². The lowest BCUT2D eigenvalue weighted by Crippen LogP contribution is -2.01. The Morgan fingerprint density at radius 2 is 1.73 bits per heavy atom. The number of benzene rings is 1. The van der Waals surface area contributed by atoms with Crippen LogP contribution in [0.4, 0.5) is 0 Å². The third kappa shape index (κ3) is 1.88. The van der Waals surface area contributed by atoms with Crippen molar-refractivity contribution < 1.29 is 28.3 Å². The van der Waals surface area contributed by atoms with E-state index in [2.05, 4.69) is 6.58 Å². The van der Waals surface area contributed by atoms with Crippen LogP contribution in [-0.2, 0) is 10.1 Å². The van der Waals surface area contributed by atoms with E-state index in [1.807, 2.05) is 0 Å². The van der Waals surface area contributed by atoms with Gasteiger partial charge in [0.1, 0.15) is 4.90 Å². The topological polar surface area (TPSA) is 115 Å².